The highest BCUT2D eigenvalue weighted by Gasteiger charge is 2.26. The highest BCUT2D eigenvalue weighted by atomic mass is 32.1. The van der Waals surface area contributed by atoms with Crippen LogP contribution < -0.4 is 10.6 Å². The number of rotatable bonds is 5. The van der Waals surface area contributed by atoms with Crippen LogP contribution in [-0.2, 0) is 12.8 Å². The lowest BCUT2D eigenvalue weighted by molar-refractivity contribution is 0.0958. The van der Waals surface area contributed by atoms with Gasteiger partial charge in [0, 0.05) is 17.0 Å². The lowest BCUT2D eigenvalue weighted by Gasteiger charge is -2.13. The van der Waals surface area contributed by atoms with E-state index in [0.717, 1.165) is 36.1 Å². The molecule has 1 aromatic heterocycles. The summed E-state index contributed by atoms with van der Waals surface area (Å²) in [5.41, 5.74) is 1.94. The number of fused-ring (bicyclic) bond motifs is 1. The van der Waals surface area contributed by atoms with Crippen LogP contribution in [0.4, 0.5) is 9.39 Å². The highest BCUT2D eigenvalue weighted by Crippen LogP contribution is 2.38. The number of carbonyl (C=O) groups excluding carboxylic acids is 2. The molecule has 0 radical (unpaired) electrons. The van der Waals surface area contributed by atoms with Gasteiger partial charge in [0.2, 0.25) is 0 Å². The van der Waals surface area contributed by atoms with Crippen molar-refractivity contribution >= 4 is 28.2 Å². The van der Waals surface area contributed by atoms with Gasteiger partial charge in [-0.2, -0.15) is 0 Å². The maximum Gasteiger partial charge on any atom is 0.256 e. The second-order valence-electron chi connectivity index (χ2n) is 5.87. The van der Waals surface area contributed by atoms with Crippen molar-refractivity contribution in [2.24, 2.45) is 0 Å². The maximum atomic E-state index is 13.0. The van der Waals surface area contributed by atoms with Gasteiger partial charge < -0.3 is 10.6 Å². The van der Waals surface area contributed by atoms with Crippen LogP contribution in [-0.4, -0.2) is 18.4 Å². The third-order valence-corrected chi connectivity index (χ3v) is 5.35. The summed E-state index contributed by atoms with van der Waals surface area (Å²) in [6.07, 6.45) is 5.51. The number of hydrogen-bond acceptors (Lipinski definition) is 3. The minimum absolute atomic E-state index is 0.200. The van der Waals surface area contributed by atoms with Crippen LogP contribution in [0.3, 0.4) is 0 Å². The van der Waals surface area contributed by atoms with E-state index in [-0.39, 0.29) is 11.8 Å². The molecule has 1 aromatic carbocycles. The van der Waals surface area contributed by atoms with E-state index in [1.165, 1.54) is 35.6 Å². The first-order valence-corrected chi connectivity index (χ1v) is 9.02. The van der Waals surface area contributed by atoms with Gasteiger partial charge >= 0.3 is 0 Å². The van der Waals surface area contributed by atoms with Crippen molar-refractivity contribution < 1.29 is 14.0 Å². The Labute approximate surface area is 149 Å². The van der Waals surface area contributed by atoms with Crippen molar-refractivity contribution in [1.29, 1.82) is 0 Å². The molecule has 0 saturated heterocycles. The van der Waals surface area contributed by atoms with Crippen molar-refractivity contribution in [2.75, 3.05) is 11.9 Å². The Morgan fingerprint density at radius 2 is 1.88 bits per heavy atom. The molecule has 0 spiro atoms. The number of nitrogens with one attached hydrogen (secondary N) is 2. The molecular formula is C19H19FN2O2S. The summed E-state index contributed by atoms with van der Waals surface area (Å²) in [6, 6.07) is 5.34. The molecule has 2 aromatic rings. The van der Waals surface area contributed by atoms with Crippen molar-refractivity contribution in [3.8, 4) is 0 Å². The fourth-order valence-corrected chi connectivity index (χ4v) is 4.21. The average molecular weight is 358 g/mol. The number of aryl methyl sites for hydroxylation is 1. The number of carbonyl (C=O) groups is 2. The molecule has 6 heteroatoms. The first kappa shape index (κ1) is 17.4. The van der Waals surface area contributed by atoms with Gasteiger partial charge in [0.05, 0.1) is 5.56 Å². The van der Waals surface area contributed by atoms with Gasteiger partial charge in [-0.3, -0.25) is 9.59 Å². The van der Waals surface area contributed by atoms with Crippen molar-refractivity contribution in [1.82, 2.24) is 5.32 Å². The Hall–Kier alpha value is -2.47. The molecule has 25 heavy (non-hydrogen) atoms. The molecule has 1 heterocycles. The standard InChI is InChI=1S/C19H19FN2O2S/c1-2-11-21-18(24)16-14-5-3-4-6-15(14)25-19(16)22-17(23)12-7-9-13(20)10-8-12/h2,7-10H,1,3-6,11H2,(H,21,24)(H,22,23). The van der Waals surface area contributed by atoms with Gasteiger partial charge in [-0.05, 0) is 55.5 Å². The summed E-state index contributed by atoms with van der Waals surface area (Å²) in [7, 11) is 0. The summed E-state index contributed by atoms with van der Waals surface area (Å²) < 4.78 is 13.0. The molecule has 130 valence electrons. The molecule has 3 rings (SSSR count). The number of halogens is 1. The first-order valence-electron chi connectivity index (χ1n) is 8.20. The summed E-state index contributed by atoms with van der Waals surface area (Å²) in [5, 5.41) is 6.18. The predicted octanol–water partition coefficient (Wildman–Crippen LogP) is 3.93. The van der Waals surface area contributed by atoms with Gasteiger partial charge in [0.25, 0.3) is 11.8 Å². The smallest absolute Gasteiger partial charge is 0.256 e. The van der Waals surface area contributed by atoms with Gasteiger partial charge in [-0.25, -0.2) is 4.39 Å². The van der Waals surface area contributed by atoms with Crippen molar-refractivity contribution in [3.05, 3.63) is 64.3 Å². The van der Waals surface area contributed by atoms with Gasteiger partial charge in [0.15, 0.2) is 0 Å². The first-order chi connectivity index (χ1) is 12.1. The molecule has 0 aliphatic heterocycles. The summed E-state index contributed by atoms with van der Waals surface area (Å²) >= 11 is 1.46. The molecule has 2 amide bonds. The van der Waals surface area contributed by atoms with E-state index in [4.69, 9.17) is 0 Å². The second-order valence-corrected chi connectivity index (χ2v) is 6.98. The van der Waals surface area contributed by atoms with E-state index in [9.17, 15) is 14.0 Å². The number of thiophene rings is 1. The van der Waals surface area contributed by atoms with Gasteiger partial charge in [-0.1, -0.05) is 6.08 Å². The van der Waals surface area contributed by atoms with Crippen LogP contribution in [0.5, 0.6) is 0 Å². The van der Waals surface area contributed by atoms with Crippen molar-refractivity contribution in [2.45, 2.75) is 25.7 Å². The number of anilines is 1. The molecule has 2 N–H and O–H groups in total. The number of benzene rings is 1. The summed E-state index contributed by atoms with van der Waals surface area (Å²) in [4.78, 5) is 26.2. The molecule has 0 saturated carbocycles. The number of amides is 2. The molecule has 1 aliphatic rings. The van der Waals surface area contributed by atoms with Crippen LogP contribution in [0.25, 0.3) is 0 Å². The molecule has 0 unspecified atom stereocenters. The SMILES string of the molecule is C=CCNC(=O)c1c(NC(=O)c2ccc(F)cc2)sc2c1CCCC2. The van der Waals surface area contributed by atoms with Crippen LogP contribution in [0.2, 0.25) is 0 Å². The van der Waals surface area contributed by atoms with Crippen molar-refractivity contribution in [3.63, 3.8) is 0 Å². The molecule has 0 atom stereocenters. The van der Waals surface area contributed by atoms with E-state index in [0.29, 0.717) is 22.7 Å². The molecule has 1 aliphatic carbocycles. The number of hydrogen-bond donors (Lipinski definition) is 2. The lowest BCUT2D eigenvalue weighted by Crippen LogP contribution is -2.25. The Kier molecular flexibility index (Phi) is 5.28. The Morgan fingerprint density at radius 3 is 2.60 bits per heavy atom. The monoisotopic (exact) mass is 358 g/mol. The topological polar surface area (TPSA) is 58.2 Å². The van der Waals surface area contributed by atoms with Crippen LogP contribution >= 0.6 is 11.3 Å². The van der Waals surface area contributed by atoms with E-state index in [1.807, 2.05) is 0 Å². The normalized spacial score (nSPS) is 13.0. The van der Waals surface area contributed by atoms with Gasteiger partial charge in [-0.15, -0.1) is 17.9 Å². The zero-order chi connectivity index (χ0) is 17.8. The van der Waals surface area contributed by atoms with Crippen LogP contribution in [0.1, 0.15) is 44.0 Å². The zero-order valence-corrected chi connectivity index (χ0v) is 14.5. The van der Waals surface area contributed by atoms with E-state index < -0.39 is 5.82 Å². The molecule has 0 bridgehead atoms. The summed E-state index contributed by atoms with van der Waals surface area (Å²) in [5.74, 6) is -0.947. The molecule has 0 fully saturated rings. The average Bonchev–Trinajstić information content (AvgIpc) is 2.98. The van der Waals surface area contributed by atoms with Crippen LogP contribution in [0.15, 0.2) is 36.9 Å². The Balaban J connectivity index is 1.90. The predicted molar refractivity (Wildman–Crippen MR) is 97.8 cm³/mol. The fraction of sp³-hybridized carbons (Fsp3) is 0.263. The third-order valence-electron chi connectivity index (χ3n) is 4.14. The van der Waals surface area contributed by atoms with Crippen LogP contribution in [0, 0.1) is 5.82 Å². The fourth-order valence-electron chi connectivity index (χ4n) is 2.92. The lowest BCUT2D eigenvalue weighted by atomic mass is 9.95. The van der Waals surface area contributed by atoms with E-state index >= 15 is 0 Å². The van der Waals surface area contributed by atoms with Gasteiger partial charge in [0.1, 0.15) is 10.8 Å². The minimum atomic E-state index is -0.396. The maximum absolute atomic E-state index is 13.0. The largest absolute Gasteiger partial charge is 0.348 e. The summed E-state index contributed by atoms with van der Waals surface area (Å²) in [6.45, 7) is 3.98. The third kappa shape index (κ3) is 3.79. The Morgan fingerprint density at radius 1 is 1.16 bits per heavy atom. The minimum Gasteiger partial charge on any atom is -0.348 e. The highest BCUT2D eigenvalue weighted by molar-refractivity contribution is 7.17. The molecule has 4 nitrogen and oxygen atoms in total. The van der Waals surface area contributed by atoms with E-state index in [2.05, 4.69) is 17.2 Å². The van der Waals surface area contributed by atoms with E-state index in [1.54, 1.807) is 6.08 Å². The quantitative estimate of drug-likeness (QED) is 0.796. The Bertz CT molecular complexity index is 812. The second kappa shape index (κ2) is 7.61. The zero-order valence-electron chi connectivity index (χ0n) is 13.7. The molecular weight excluding hydrogens is 339 g/mol.